The highest BCUT2D eigenvalue weighted by Crippen LogP contribution is 2.36. The Labute approximate surface area is 663 Å². The van der Waals surface area contributed by atoms with Gasteiger partial charge in [-0.25, -0.2) is 63.8 Å². The summed E-state index contributed by atoms with van der Waals surface area (Å²) in [5, 5.41) is 18.1. The van der Waals surface area contributed by atoms with Crippen LogP contribution in [0.4, 0.5) is 38.0 Å². The molecule has 6 heterocycles. The van der Waals surface area contributed by atoms with Crippen LogP contribution in [0.2, 0.25) is 0 Å². The zero-order chi connectivity index (χ0) is 84.6. The number of carboxylic acid groups (broad SMARTS) is 1. The van der Waals surface area contributed by atoms with Gasteiger partial charge >= 0.3 is 36.2 Å². The predicted molar refractivity (Wildman–Crippen MR) is 420 cm³/mol. The number of ether oxygens (including phenoxy) is 3. The Morgan fingerprint density at radius 3 is 1.23 bits per heavy atom. The van der Waals surface area contributed by atoms with E-state index in [0.29, 0.717) is 27.5 Å². The van der Waals surface area contributed by atoms with Crippen LogP contribution >= 0.6 is 24.4 Å². The molecule has 1 amide bonds. The highest BCUT2D eigenvalue weighted by molar-refractivity contribution is 8.00. The standard InChI is InChI=1S/C24H20F3N5O3S.C14H10F3N5.C11H14O4S.C11H14O2S.C10H12O4S.C8H8O2S/c1-15(2)36(34,35)19-7-3-5-16(11-19)23(33)30-22-9-8-18(14-29-22)32-21(24(25,26)27)12-20(31-32)17-6-4-10-28-13-17;15-14(16,17)12-6-11(9-2-1-5-19-7-9)21-22(12)10-3-4-13(18)20-8-10;1-8(2)16(13,14)10-6-4-5-9(7-10)11(12)15-3;1-8(2)14-10-6-4-5-9(7-10)11(12)13-3;1-7(2)15(13,14)9-5-3-4-8(6-9)10(11)12;1-10-8(9)6-3-2-4-7(11)5-6/h3-15H,1-2H3,(H,29,30,33);1-8H,(H2,18,20);4-8H,1-3H3;4-8H,1-3H3;3-7H,1-2H3,(H,11,12);2-5,11H,1H3. The van der Waals surface area contributed by atoms with Crippen molar-refractivity contribution in [1.82, 2.24) is 39.5 Å². The number of halogens is 6. The fourth-order valence-electron chi connectivity index (χ4n) is 9.36. The maximum absolute atomic E-state index is 13.7. The van der Waals surface area contributed by atoms with Crippen molar-refractivity contribution in [2.24, 2.45) is 0 Å². The van der Waals surface area contributed by atoms with Crippen LogP contribution in [0.5, 0.6) is 0 Å². The number of thiol groups is 1. The number of anilines is 2. The van der Waals surface area contributed by atoms with E-state index in [0.717, 1.165) is 37.5 Å². The molecule has 0 unspecified atom stereocenters. The molecule has 0 aliphatic heterocycles. The number of amides is 1. The second-order valence-corrected chi connectivity index (χ2v) is 34.5. The molecule has 0 saturated carbocycles. The average molecular weight is 1670 g/mol. The van der Waals surface area contributed by atoms with Crippen molar-refractivity contribution in [1.29, 1.82) is 0 Å². The molecule has 0 radical (unpaired) electrons. The zero-order valence-electron chi connectivity index (χ0n) is 62.8. The monoisotopic (exact) mass is 1670 g/mol. The van der Waals surface area contributed by atoms with Crippen LogP contribution in [-0.4, -0.2) is 142 Å². The first-order valence-electron chi connectivity index (χ1n) is 33.7. The van der Waals surface area contributed by atoms with Crippen LogP contribution in [0, 0.1) is 0 Å². The van der Waals surface area contributed by atoms with E-state index in [1.807, 2.05) is 18.2 Å². The minimum atomic E-state index is -4.68. The van der Waals surface area contributed by atoms with Crippen molar-refractivity contribution in [3.63, 3.8) is 0 Å². The van der Waals surface area contributed by atoms with E-state index in [1.165, 1.54) is 163 Å². The lowest BCUT2D eigenvalue weighted by Gasteiger charge is -2.11. The molecule has 36 heteroatoms. The van der Waals surface area contributed by atoms with E-state index in [2.05, 4.69) is 76.1 Å². The SMILES string of the molecule is CC(C)S(=O)(=O)c1cccc(C(=O)Nc2ccc(-n3nc(-c4cccnc4)cc3C(F)(F)F)cn2)c1.CC(C)S(=O)(=O)c1cccc(C(=O)O)c1.COC(=O)c1cccc(S(=O)(=O)C(C)C)c1.COC(=O)c1cccc(S)c1.COC(=O)c1cccc(SC(C)C)c1.Nc1ccc(-n2nc(-c3cccnc3)cc2C(F)(F)F)cn1. The van der Waals surface area contributed by atoms with E-state index >= 15 is 0 Å². The molecule has 114 heavy (non-hydrogen) atoms. The summed E-state index contributed by atoms with van der Waals surface area (Å²) >= 11 is 5.81. The van der Waals surface area contributed by atoms with Gasteiger partial charge in [0.2, 0.25) is 0 Å². The Morgan fingerprint density at radius 1 is 0.474 bits per heavy atom. The molecule has 4 N–H and O–H groups in total. The maximum Gasteiger partial charge on any atom is 0.433 e. The number of pyridine rings is 4. The number of benzene rings is 5. The summed E-state index contributed by atoms with van der Waals surface area (Å²) in [6.07, 6.45) is -0.943. The molecule has 0 spiro atoms. The topological polar surface area (TPSA) is 361 Å². The van der Waals surface area contributed by atoms with Crippen LogP contribution in [0.15, 0.2) is 244 Å². The zero-order valence-corrected chi connectivity index (χ0v) is 66.9. The summed E-state index contributed by atoms with van der Waals surface area (Å²) in [4.78, 5) is 74.4. The quantitative estimate of drug-likeness (QED) is 0.0204. The first-order chi connectivity index (χ1) is 53.5. The van der Waals surface area contributed by atoms with E-state index in [4.69, 9.17) is 10.8 Å². The van der Waals surface area contributed by atoms with Crippen LogP contribution < -0.4 is 11.1 Å². The highest BCUT2D eigenvalue weighted by Gasteiger charge is 2.38. The Morgan fingerprint density at radius 2 is 0.860 bits per heavy atom. The van der Waals surface area contributed by atoms with E-state index < -0.39 is 86.8 Å². The van der Waals surface area contributed by atoms with Crippen molar-refractivity contribution < 1.29 is 94.9 Å². The van der Waals surface area contributed by atoms with Gasteiger partial charge in [0.15, 0.2) is 29.5 Å². The lowest BCUT2D eigenvalue weighted by atomic mass is 10.2. The molecule has 11 rings (SSSR count). The number of hydrogen-bond donors (Lipinski definition) is 4. The molecular weight excluding hydrogens is 1590 g/mol. The molecule has 0 aliphatic rings. The number of carboxylic acids is 1. The number of thioether (sulfide) groups is 1. The summed E-state index contributed by atoms with van der Waals surface area (Å²) in [6, 6.07) is 45.1. The van der Waals surface area contributed by atoms with Crippen molar-refractivity contribution >= 4 is 95.3 Å². The third-order valence-corrected chi connectivity index (χ3v) is 23.1. The minimum absolute atomic E-state index is 0.0104. The fraction of sp³-hybridized carbons (Fsp3) is 0.218. The van der Waals surface area contributed by atoms with Gasteiger partial charge in [0, 0.05) is 56.5 Å². The first kappa shape index (κ1) is 91.3. The fourth-order valence-corrected chi connectivity index (χ4v) is 13.8. The number of rotatable bonds is 18. The molecule has 11 aromatic rings. The Kier molecular flexibility index (Phi) is 32.6. The molecule has 602 valence electrons. The number of nitrogens with two attached hydrogens (primary N) is 1. The van der Waals surface area contributed by atoms with Crippen molar-refractivity contribution in [2.75, 3.05) is 32.4 Å². The Balaban J connectivity index is 0.000000225. The van der Waals surface area contributed by atoms with Crippen molar-refractivity contribution in [3.8, 4) is 33.9 Å². The molecule has 25 nitrogen and oxygen atoms in total. The second kappa shape index (κ2) is 40.7. The van der Waals surface area contributed by atoms with Crippen molar-refractivity contribution in [3.05, 3.63) is 258 Å². The van der Waals surface area contributed by atoms with Crippen LogP contribution in [-0.2, 0) is 56.1 Å². The Bertz CT molecular complexity index is 5490. The summed E-state index contributed by atoms with van der Waals surface area (Å²) in [5.41, 5.74) is 6.40. The van der Waals surface area contributed by atoms with Crippen LogP contribution in [0.25, 0.3) is 33.9 Å². The largest absolute Gasteiger partial charge is 0.478 e. The number of sulfone groups is 3. The number of aromatic carboxylic acids is 1. The first-order valence-corrected chi connectivity index (χ1v) is 39.7. The second-order valence-electron chi connectivity index (χ2n) is 24.8. The summed E-state index contributed by atoms with van der Waals surface area (Å²) in [7, 11) is -6.32. The third kappa shape index (κ3) is 25.7. The molecular formula is C78H78F6N10O15S5. The molecule has 0 bridgehead atoms. The smallest absolute Gasteiger partial charge is 0.433 e. The van der Waals surface area contributed by atoms with E-state index in [1.54, 1.807) is 94.1 Å². The number of methoxy groups -OCH3 is 3. The number of aromatic nitrogens is 8. The van der Waals surface area contributed by atoms with E-state index in [-0.39, 0.29) is 77.7 Å². The van der Waals surface area contributed by atoms with Gasteiger partial charge in [-0.15, -0.1) is 24.4 Å². The van der Waals surface area contributed by atoms with E-state index in [9.17, 15) is 75.6 Å². The van der Waals surface area contributed by atoms with Gasteiger partial charge in [-0.05, 0) is 193 Å². The average Bonchev–Trinajstić information content (AvgIpc) is 1.63. The number of nitrogen functional groups attached to an aromatic ring is 1. The van der Waals surface area contributed by atoms with Crippen LogP contribution in [0.1, 0.15) is 119 Å². The third-order valence-electron chi connectivity index (χ3n) is 15.3. The van der Waals surface area contributed by atoms with Crippen molar-refractivity contribution in [2.45, 2.75) is 113 Å². The summed E-state index contributed by atoms with van der Waals surface area (Å²) < 4.78 is 168. The molecule has 0 fully saturated rings. The van der Waals surface area contributed by atoms with Gasteiger partial charge in [-0.1, -0.05) is 44.2 Å². The lowest BCUT2D eigenvalue weighted by molar-refractivity contribution is -0.143. The number of esters is 3. The normalized spacial score (nSPS) is 11.4. The predicted octanol–water partition coefficient (Wildman–Crippen LogP) is 15.7. The number of carbonyl (C=O) groups excluding carboxylic acids is 4. The van der Waals surface area contributed by atoms with Gasteiger partial charge in [-0.3, -0.25) is 14.8 Å². The van der Waals surface area contributed by atoms with Gasteiger partial charge in [-0.2, -0.15) is 36.5 Å². The lowest BCUT2D eigenvalue weighted by Crippen LogP contribution is -2.17. The van der Waals surface area contributed by atoms with Gasteiger partial charge in [0.25, 0.3) is 5.91 Å². The minimum Gasteiger partial charge on any atom is -0.478 e. The number of hydrogen-bond acceptors (Lipinski definition) is 23. The van der Waals surface area contributed by atoms with Crippen LogP contribution in [0.3, 0.4) is 0 Å². The number of carbonyl (C=O) groups is 5. The maximum atomic E-state index is 13.7. The molecule has 0 saturated heterocycles. The highest BCUT2D eigenvalue weighted by atomic mass is 32.2. The molecule has 0 aliphatic carbocycles. The number of alkyl halides is 6. The van der Waals surface area contributed by atoms with Gasteiger partial charge in [0.05, 0.1) is 109 Å². The molecule has 5 aromatic carbocycles. The van der Waals surface area contributed by atoms with Gasteiger partial charge in [0.1, 0.15) is 23.0 Å². The summed E-state index contributed by atoms with van der Waals surface area (Å²) in [5.74, 6) is -2.62. The number of nitrogens with zero attached hydrogens (tertiary/aromatic N) is 8. The Hall–Kier alpha value is -11.6. The summed E-state index contributed by atoms with van der Waals surface area (Å²) in [6.45, 7) is 13.6. The molecule has 0 atom stereocenters. The number of nitrogens with one attached hydrogen (secondary N) is 1. The molecule has 6 aromatic heterocycles. The van der Waals surface area contributed by atoms with Gasteiger partial charge < -0.3 is 30.4 Å².